The minimum atomic E-state index is -5.97. The minimum Gasteiger partial charge on any atom is -0.790 e. The summed E-state index contributed by atoms with van der Waals surface area (Å²) in [6.45, 7) is 0. The van der Waals surface area contributed by atoms with Gasteiger partial charge in [-0.15, -0.1) is 0 Å². The van der Waals surface area contributed by atoms with E-state index in [2.05, 4.69) is 8.62 Å². The predicted molar refractivity (Wildman–Crippen MR) is 25.0 cm³/mol. The van der Waals surface area contributed by atoms with Gasteiger partial charge >= 0.3 is 21.1 Å². The van der Waals surface area contributed by atoms with E-state index in [1.165, 1.54) is 0 Å². The van der Waals surface area contributed by atoms with Gasteiger partial charge in [0.15, 0.2) is 0 Å². The standard InChI is InChI=1S/H5O10P3.Pt/c1-11(2,3)9-13(7,8)10-12(4,5)6;/h(H,7,8)(H2,1,2,3)(H2,4,5,6);/q;+5/p-5. The van der Waals surface area contributed by atoms with Gasteiger partial charge in [0, 0.05) is 0 Å². The summed E-state index contributed by atoms with van der Waals surface area (Å²) in [5.74, 6) is 0. The van der Waals surface area contributed by atoms with Crippen molar-refractivity contribution < 1.29 is 67.8 Å². The Hall–Kier alpha value is 1.10. The number of hydrogen-bond acceptors (Lipinski definition) is 10. The molecule has 0 aromatic heterocycles. The van der Waals surface area contributed by atoms with Gasteiger partial charge in [-0.05, 0) is 0 Å². The molecule has 1 radical (unpaired) electrons. The predicted octanol–water partition coefficient (Wildman–Crippen LogP) is -3.86. The Kier molecular flexibility index (Phi) is 6.79. The largest absolute Gasteiger partial charge is 5.00 e. The van der Waals surface area contributed by atoms with Crippen molar-refractivity contribution in [3.05, 3.63) is 0 Å². The first kappa shape index (κ1) is 17.5. The topological polar surface area (TPSA) is 185 Å². The molecule has 0 spiro atoms. The molecule has 0 bridgehead atoms. The quantitative estimate of drug-likeness (QED) is 0.386. The average molecular weight is 448 g/mol. The molecule has 0 saturated carbocycles. The van der Waals surface area contributed by atoms with Crippen molar-refractivity contribution in [1.29, 1.82) is 0 Å². The van der Waals surface area contributed by atoms with Crippen molar-refractivity contribution in [2.75, 3.05) is 0 Å². The van der Waals surface area contributed by atoms with Crippen LogP contribution in [0, 0.1) is 0 Å². The molecule has 0 aliphatic carbocycles. The van der Waals surface area contributed by atoms with Crippen molar-refractivity contribution in [3.8, 4) is 0 Å². The summed E-state index contributed by atoms with van der Waals surface area (Å²) >= 11 is 0. The first-order valence-electron chi connectivity index (χ1n) is 2.19. The van der Waals surface area contributed by atoms with Gasteiger partial charge in [-0.25, -0.2) is 0 Å². The van der Waals surface area contributed by atoms with Crippen molar-refractivity contribution in [1.82, 2.24) is 0 Å². The first-order chi connectivity index (χ1) is 5.41. The summed E-state index contributed by atoms with van der Waals surface area (Å²) < 4.78 is 34.7. The summed E-state index contributed by atoms with van der Waals surface area (Å²) in [5, 5.41) is 0. The Balaban J connectivity index is 0. The smallest absolute Gasteiger partial charge is 0.790 e. The van der Waals surface area contributed by atoms with Crippen LogP contribution in [0.15, 0.2) is 0 Å². The van der Waals surface area contributed by atoms with E-state index in [4.69, 9.17) is 0 Å². The van der Waals surface area contributed by atoms with Gasteiger partial charge in [-0.3, -0.25) is 13.2 Å². The maximum atomic E-state index is 10.1. The van der Waals surface area contributed by atoms with E-state index in [0.29, 0.717) is 0 Å². The molecular weight excluding hydrogens is 448 g/mol. The molecule has 0 atom stereocenters. The molecule has 0 heterocycles. The van der Waals surface area contributed by atoms with Gasteiger partial charge in [0.1, 0.15) is 0 Å². The Morgan fingerprint density at radius 1 is 0.714 bits per heavy atom. The molecule has 0 N–H and O–H groups in total. The van der Waals surface area contributed by atoms with Crippen molar-refractivity contribution >= 4 is 23.5 Å². The first-order valence-corrected chi connectivity index (χ1v) is 6.57. The monoisotopic (exact) mass is 448 g/mol. The van der Waals surface area contributed by atoms with E-state index in [0.717, 1.165) is 0 Å². The summed E-state index contributed by atoms with van der Waals surface area (Å²) in [7, 11) is -17.9. The van der Waals surface area contributed by atoms with Crippen LogP contribution in [-0.2, 0) is 43.4 Å². The second-order valence-corrected chi connectivity index (χ2v) is 5.49. The molecule has 14 heavy (non-hydrogen) atoms. The Morgan fingerprint density at radius 3 is 1.07 bits per heavy atom. The molecule has 0 amide bonds. The molecule has 0 aromatic rings. The fraction of sp³-hybridized carbons (Fsp3) is 0. The summed E-state index contributed by atoms with van der Waals surface area (Å²) in [6.07, 6.45) is 0. The second kappa shape index (κ2) is 5.43. The molecule has 85 valence electrons. The van der Waals surface area contributed by atoms with E-state index >= 15 is 0 Å². The van der Waals surface area contributed by atoms with Gasteiger partial charge in [0.05, 0.1) is 15.6 Å². The number of phosphoric acid groups is 3. The van der Waals surface area contributed by atoms with E-state index in [9.17, 15) is 38.2 Å². The van der Waals surface area contributed by atoms with Gasteiger partial charge < -0.3 is 33.6 Å². The fourth-order valence-corrected chi connectivity index (χ4v) is 2.61. The Morgan fingerprint density at radius 2 is 0.929 bits per heavy atom. The van der Waals surface area contributed by atoms with Crippen LogP contribution in [0.25, 0.3) is 0 Å². The minimum absolute atomic E-state index is 0. The van der Waals surface area contributed by atoms with Crippen LogP contribution in [0.4, 0.5) is 0 Å². The normalized spacial score (nSPS) is 13.5. The molecule has 10 nitrogen and oxygen atoms in total. The van der Waals surface area contributed by atoms with E-state index in [-0.39, 0.29) is 21.1 Å². The zero-order valence-corrected chi connectivity index (χ0v) is 10.7. The Labute approximate surface area is 91.6 Å². The third-order valence-electron chi connectivity index (χ3n) is 0.400. The van der Waals surface area contributed by atoms with Crippen LogP contribution in [-0.4, -0.2) is 0 Å². The summed E-state index contributed by atoms with van der Waals surface area (Å²) in [4.78, 5) is 48.6. The zero-order valence-electron chi connectivity index (χ0n) is 5.74. The molecule has 0 aromatic carbocycles. The maximum Gasteiger partial charge on any atom is 5.00 e. The molecule has 0 aliphatic heterocycles. The summed E-state index contributed by atoms with van der Waals surface area (Å²) in [6, 6.07) is 0. The van der Waals surface area contributed by atoms with E-state index in [1.807, 2.05) is 0 Å². The van der Waals surface area contributed by atoms with E-state index in [1.54, 1.807) is 0 Å². The summed E-state index contributed by atoms with van der Waals surface area (Å²) in [5.41, 5.74) is 0. The van der Waals surface area contributed by atoms with Crippen molar-refractivity contribution in [3.63, 3.8) is 0 Å². The van der Waals surface area contributed by atoms with Crippen LogP contribution < -0.4 is 24.5 Å². The van der Waals surface area contributed by atoms with Crippen LogP contribution in [0.5, 0.6) is 0 Å². The van der Waals surface area contributed by atoms with Crippen LogP contribution in [0.1, 0.15) is 0 Å². The van der Waals surface area contributed by atoms with Crippen LogP contribution >= 0.6 is 23.5 Å². The third-order valence-corrected chi connectivity index (χ3v) is 3.60. The van der Waals surface area contributed by atoms with E-state index < -0.39 is 23.5 Å². The Bertz CT molecular complexity index is 277. The number of hydrogen-bond donors (Lipinski definition) is 0. The molecule has 0 aliphatic rings. The molecule has 14 heteroatoms. The maximum absolute atomic E-state index is 10.1. The van der Waals surface area contributed by atoms with Crippen molar-refractivity contribution in [2.45, 2.75) is 0 Å². The van der Waals surface area contributed by atoms with Gasteiger partial charge in [-0.1, -0.05) is 0 Å². The zero-order chi connectivity index (χ0) is 10.9. The average Bonchev–Trinajstić information content (AvgIpc) is 1.43. The molecule has 0 unspecified atom stereocenters. The molecule has 0 rings (SSSR count). The van der Waals surface area contributed by atoms with Gasteiger partial charge in [-0.2, -0.15) is 0 Å². The van der Waals surface area contributed by atoms with Gasteiger partial charge in [0.2, 0.25) is 0 Å². The van der Waals surface area contributed by atoms with Gasteiger partial charge in [0.25, 0.3) is 7.82 Å². The van der Waals surface area contributed by atoms with Crippen LogP contribution in [0.2, 0.25) is 0 Å². The van der Waals surface area contributed by atoms with Crippen molar-refractivity contribution in [2.24, 2.45) is 0 Å². The van der Waals surface area contributed by atoms with Crippen LogP contribution in [0.3, 0.4) is 0 Å². The molecule has 0 saturated heterocycles. The fourth-order valence-electron chi connectivity index (χ4n) is 0.260. The second-order valence-electron chi connectivity index (χ2n) is 1.50. The third kappa shape index (κ3) is 11.2. The molecular formula is O10P3Pt. The SMILES string of the molecule is O=P([O-])([O-])OP(=O)([O-])OP(=O)([O-])[O-].[Pt+5]. The molecule has 0 fully saturated rings. The number of rotatable bonds is 4.